The van der Waals surface area contributed by atoms with Crippen molar-refractivity contribution in [2.45, 2.75) is 69.0 Å². The molecule has 0 spiro atoms. The molecule has 4 rings (SSSR count). The molecule has 0 N–H and O–H groups in total. The van der Waals surface area contributed by atoms with E-state index in [-0.39, 0.29) is 22.3 Å². The fourth-order valence-corrected chi connectivity index (χ4v) is 5.59. The third-order valence-electron chi connectivity index (χ3n) is 5.96. The van der Waals surface area contributed by atoms with E-state index in [2.05, 4.69) is 21.0 Å². The molecular formula is C25H30F2N4O4S. The normalized spacial score (nSPS) is 21.1. The molecule has 8 nitrogen and oxygen atoms in total. The number of rotatable bonds is 10. The average molecular weight is 521 g/mol. The van der Waals surface area contributed by atoms with Crippen LogP contribution in [0.5, 0.6) is 11.6 Å². The van der Waals surface area contributed by atoms with E-state index in [0.717, 1.165) is 19.8 Å². The van der Waals surface area contributed by atoms with Crippen LogP contribution < -0.4 is 14.4 Å². The van der Waals surface area contributed by atoms with Crippen molar-refractivity contribution in [2.24, 2.45) is 0 Å². The van der Waals surface area contributed by atoms with Crippen LogP contribution in [0.2, 0.25) is 0 Å². The zero-order valence-corrected chi connectivity index (χ0v) is 21.3. The van der Waals surface area contributed by atoms with Crippen LogP contribution in [0.15, 0.2) is 42.4 Å². The van der Waals surface area contributed by atoms with E-state index >= 15 is 0 Å². The Kier molecular flexibility index (Phi) is 7.97. The first-order valence-corrected chi connectivity index (χ1v) is 13.2. The van der Waals surface area contributed by atoms with Crippen molar-refractivity contribution in [3.05, 3.63) is 48.2 Å². The summed E-state index contributed by atoms with van der Waals surface area (Å²) in [6.45, 7) is 4.41. The number of aromatic nitrogens is 3. The molecule has 0 saturated carbocycles. The molecule has 1 saturated heterocycles. The Morgan fingerprint density at radius 3 is 2.58 bits per heavy atom. The standard InChI is InChI=1S/C25H30F2N4O4S/c1-16(2)36(33)20-6-4-17(10-20)11-22-28-12-18(13-29-22)31-9-8-21(24(31)32)35-19-5-7-23(30-14-19)34-15-25(3,26)27/h4-5,7,12-14,16,20-21H,6,8-11,15H2,1-3H3/t20?,21-,36?/m1/s1. The van der Waals surface area contributed by atoms with Gasteiger partial charge < -0.3 is 14.4 Å². The number of alkyl halides is 2. The van der Waals surface area contributed by atoms with E-state index in [1.807, 2.05) is 13.8 Å². The Morgan fingerprint density at radius 2 is 1.94 bits per heavy atom. The lowest BCUT2D eigenvalue weighted by molar-refractivity contribution is -0.122. The smallest absolute Gasteiger partial charge is 0.278 e. The summed E-state index contributed by atoms with van der Waals surface area (Å²) < 4.78 is 48.9. The summed E-state index contributed by atoms with van der Waals surface area (Å²) >= 11 is 0. The van der Waals surface area contributed by atoms with E-state index < -0.39 is 29.4 Å². The molecule has 2 aromatic rings. The quantitative estimate of drug-likeness (QED) is 0.439. The summed E-state index contributed by atoms with van der Waals surface area (Å²) in [5.74, 6) is -2.11. The molecule has 2 aliphatic rings. The number of pyridine rings is 1. The van der Waals surface area contributed by atoms with Crippen LogP contribution in [-0.2, 0) is 22.0 Å². The summed E-state index contributed by atoms with van der Waals surface area (Å²) in [5, 5.41) is 0.314. The van der Waals surface area contributed by atoms with Crippen molar-refractivity contribution in [1.29, 1.82) is 0 Å². The predicted molar refractivity (Wildman–Crippen MR) is 132 cm³/mol. The lowest BCUT2D eigenvalue weighted by atomic mass is 10.1. The minimum absolute atomic E-state index is 0.0533. The largest absolute Gasteiger partial charge is 0.479 e. The first-order chi connectivity index (χ1) is 17.1. The lowest BCUT2D eigenvalue weighted by Crippen LogP contribution is -2.32. The Labute approximate surface area is 211 Å². The molecule has 0 radical (unpaired) electrons. The van der Waals surface area contributed by atoms with Gasteiger partial charge in [-0.2, -0.15) is 0 Å². The van der Waals surface area contributed by atoms with Crippen LogP contribution in [-0.4, -0.2) is 60.7 Å². The molecule has 0 aromatic carbocycles. The van der Waals surface area contributed by atoms with E-state index in [1.165, 1.54) is 23.9 Å². The van der Waals surface area contributed by atoms with Crippen LogP contribution in [0.3, 0.4) is 0 Å². The predicted octanol–water partition coefficient (Wildman–Crippen LogP) is 3.88. The second-order valence-corrected chi connectivity index (χ2v) is 11.7. The first kappa shape index (κ1) is 26.1. The van der Waals surface area contributed by atoms with Crippen molar-refractivity contribution in [1.82, 2.24) is 15.0 Å². The fourth-order valence-electron chi connectivity index (χ4n) is 4.15. The number of hydrogen-bond donors (Lipinski definition) is 0. The Morgan fingerprint density at radius 1 is 1.19 bits per heavy atom. The van der Waals surface area contributed by atoms with Crippen LogP contribution in [0, 0.1) is 0 Å². The molecule has 1 amide bonds. The molecule has 2 unspecified atom stereocenters. The second kappa shape index (κ2) is 11.0. The zero-order valence-electron chi connectivity index (χ0n) is 20.5. The SMILES string of the molecule is CC(C)S(=O)C1CC=C(Cc2ncc(N3CC[C@@H](Oc4ccc(OCC(C)(F)F)nc4)C3=O)cn2)C1. The minimum Gasteiger partial charge on any atom is -0.479 e. The third-order valence-corrected chi connectivity index (χ3v) is 7.90. The minimum atomic E-state index is -2.95. The maximum Gasteiger partial charge on any atom is 0.278 e. The Hall–Kier alpha value is -2.95. The number of allylic oxidation sites excluding steroid dienone is 2. The maximum absolute atomic E-state index is 12.9. The van der Waals surface area contributed by atoms with Gasteiger partial charge in [-0.15, -0.1) is 0 Å². The fraction of sp³-hybridized carbons (Fsp3) is 0.520. The van der Waals surface area contributed by atoms with Crippen LogP contribution >= 0.6 is 0 Å². The van der Waals surface area contributed by atoms with Gasteiger partial charge in [-0.1, -0.05) is 25.5 Å². The number of ether oxygens (including phenoxy) is 2. The molecule has 3 atom stereocenters. The van der Waals surface area contributed by atoms with Crippen molar-refractivity contribution < 1.29 is 27.3 Å². The molecule has 2 aromatic heterocycles. The number of amides is 1. The summed E-state index contributed by atoms with van der Waals surface area (Å²) in [4.78, 5) is 27.3. The van der Waals surface area contributed by atoms with Crippen molar-refractivity contribution in [2.75, 3.05) is 18.1 Å². The van der Waals surface area contributed by atoms with Gasteiger partial charge in [-0.3, -0.25) is 9.00 Å². The number of carbonyl (C=O) groups is 1. The Balaban J connectivity index is 1.29. The monoisotopic (exact) mass is 520 g/mol. The molecule has 0 bridgehead atoms. The summed E-state index contributed by atoms with van der Waals surface area (Å²) in [6.07, 6.45) is 8.76. The van der Waals surface area contributed by atoms with Crippen molar-refractivity contribution in [3.63, 3.8) is 0 Å². The van der Waals surface area contributed by atoms with E-state index in [9.17, 15) is 17.8 Å². The van der Waals surface area contributed by atoms with Gasteiger partial charge >= 0.3 is 0 Å². The highest BCUT2D eigenvalue weighted by Crippen LogP contribution is 2.28. The van der Waals surface area contributed by atoms with Gasteiger partial charge in [0.05, 0.1) is 24.3 Å². The van der Waals surface area contributed by atoms with Crippen molar-refractivity contribution in [3.8, 4) is 11.6 Å². The number of carbonyl (C=O) groups excluding carboxylic acids is 1. The number of hydrogen-bond acceptors (Lipinski definition) is 7. The topological polar surface area (TPSA) is 94.5 Å². The van der Waals surface area contributed by atoms with E-state index in [0.29, 0.717) is 36.6 Å². The molecule has 3 heterocycles. The highest BCUT2D eigenvalue weighted by Gasteiger charge is 2.35. The molecular weight excluding hydrogens is 490 g/mol. The first-order valence-electron chi connectivity index (χ1n) is 11.9. The average Bonchev–Trinajstić information content (AvgIpc) is 3.45. The van der Waals surface area contributed by atoms with E-state index in [4.69, 9.17) is 9.47 Å². The van der Waals surface area contributed by atoms with Crippen LogP contribution in [0.1, 0.15) is 45.9 Å². The number of halogens is 2. The number of nitrogens with zero attached hydrogens (tertiary/aromatic N) is 4. The highest BCUT2D eigenvalue weighted by molar-refractivity contribution is 7.86. The summed E-state index contributed by atoms with van der Waals surface area (Å²) in [6, 6.07) is 2.95. The molecule has 11 heteroatoms. The van der Waals surface area contributed by atoms with Gasteiger partial charge in [0, 0.05) is 53.7 Å². The van der Waals surface area contributed by atoms with Gasteiger partial charge in [0.25, 0.3) is 11.8 Å². The number of anilines is 1. The molecule has 1 aliphatic heterocycles. The van der Waals surface area contributed by atoms with Gasteiger partial charge in [0.1, 0.15) is 11.6 Å². The van der Waals surface area contributed by atoms with Gasteiger partial charge in [0.15, 0.2) is 12.7 Å². The van der Waals surface area contributed by atoms with Gasteiger partial charge in [-0.05, 0) is 18.9 Å². The third kappa shape index (κ3) is 6.63. The highest BCUT2D eigenvalue weighted by atomic mass is 32.2. The molecule has 36 heavy (non-hydrogen) atoms. The van der Waals surface area contributed by atoms with E-state index in [1.54, 1.807) is 17.3 Å². The maximum atomic E-state index is 12.9. The van der Waals surface area contributed by atoms with Crippen molar-refractivity contribution >= 4 is 22.4 Å². The second-order valence-electron chi connectivity index (χ2n) is 9.41. The summed E-state index contributed by atoms with van der Waals surface area (Å²) in [5.41, 5.74) is 1.79. The van der Waals surface area contributed by atoms with Crippen LogP contribution in [0.25, 0.3) is 0 Å². The molecule has 1 fully saturated rings. The zero-order chi connectivity index (χ0) is 25.9. The Bertz CT molecular complexity index is 1120. The molecule has 1 aliphatic carbocycles. The van der Waals surface area contributed by atoms with Gasteiger partial charge in [0.2, 0.25) is 5.88 Å². The van der Waals surface area contributed by atoms with Gasteiger partial charge in [-0.25, -0.2) is 23.7 Å². The summed E-state index contributed by atoms with van der Waals surface area (Å²) in [7, 11) is -0.846. The molecule has 194 valence electrons. The van der Waals surface area contributed by atoms with Crippen LogP contribution in [0.4, 0.5) is 14.5 Å². The lowest BCUT2D eigenvalue weighted by Gasteiger charge is -2.17.